The quantitative estimate of drug-likeness (QED) is 0.631. The van der Waals surface area contributed by atoms with E-state index in [1.54, 1.807) is 0 Å². The predicted octanol–water partition coefficient (Wildman–Crippen LogP) is 0.939. The zero-order chi connectivity index (χ0) is 18.8. The number of rotatable bonds is 5. The lowest BCUT2D eigenvalue weighted by Gasteiger charge is -2.05. The molecule has 1 heterocycles. The Morgan fingerprint density at radius 3 is 2.64 bits per heavy atom. The first kappa shape index (κ1) is 18.2. The third-order valence-electron chi connectivity index (χ3n) is 3.22. The fourth-order valence-electron chi connectivity index (χ4n) is 2.02. The normalized spacial score (nSPS) is 11.4. The molecular weight excluding hydrogens is 347 g/mol. The van der Waals surface area contributed by atoms with Crippen LogP contribution in [0.1, 0.15) is 16.2 Å². The topological polar surface area (TPSA) is 112 Å². The van der Waals surface area contributed by atoms with Crippen LogP contribution in [0.15, 0.2) is 29.1 Å². The molecule has 0 saturated heterocycles. The number of nitrogens with one attached hydrogen (secondary N) is 1. The number of halogens is 3. The lowest BCUT2D eigenvalue weighted by molar-refractivity contribution is -0.384. The van der Waals surface area contributed by atoms with E-state index >= 15 is 0 Å². The average molecular weight is 359 g/mol. The number of hydrogen-bond acceptors (Lipinski definition) is 5. The number of alkyl halides is 3. The van der Waals surface area contributed by atoms with Crippen molar-refractivity contribution in [3.63, 3.8) is 0 Å². The van der Waals surface area contributed by atoms with Crippen molar-refractivity contribution in [1.29, 1.82) is 0 Å². The summed E-state index contributed by atoms with van der Waals surface area (Å²) in [6, 6.07) is 4.94. The third-order valence-corrected chi connectivity index (χ3v) is 3.22. The van der Waals surface area contributed by atoms with Crippen molar-refractivity contribution in [1.82, 2.24) is 19.7 Å². The molecule has 0 fully saturated rings. The number of benzene rings is 1. The number of non-ortho nitro benzene ring substituents is 1. The summed E-state index contributed by atoms with van der Waals surface area (Å²) in [4.78, 5) is 33.6. The molecule has 2 aromatic rings. The molecule has 25 heavy (non-hydrogen) atoms. The second-order valence-electron chi connectivity index (χ2n) is 4.95. The fourth-order valence-corrected chi connectivity index (χ4v) is 2.02. The number of amides is 1. The molecule has 0 aliphatic carbocycles. The smallest absolute Gasteiger partial charge is 0.350 e. The van der Waals surface area contributed by atoms with Gasteiger partial charge in [-0.2, -0.15) is 13.2 Å². The Bertz CT molecular complexity index is 871. The summed E-state index contributed by atoms with van der Waals surface area (Å²) in [7, 11) is 0.941. The Kier molecular flexibility index (Phi) is 4.90. The highest BCUT2D eigenvalue weighted by Crippen LogP contribution is 2.25. The second kappa shape index (κ2) is 6.75. The zero-order valence-electron chi connectivity index (χ0n) is 12.8. The molecule has 0 saturated carbocycles. The Morgan fingerprint density at radius 2 is 2.08 bits per heavy atom. The molecule has 0 aliphatic rings. The maximum absolute atomic E-state index is 12.7. The highest BCUT2D eigenvalue weighted by atomic mass is 19.4. The van der Waals surface area contributed by atoms with Crippen molar-refractivity contribution in [3.8, 4) is 0 Å². The summed E-state index contributed by atoms with van der Waals surface area (Å²) in [5.74, 6) is -2.01. The molecule has 1 aromatic heterocycles. The number of nitro groups is 1. The second-order valence-corrected chi connectivity index (χ2v) is 4.95. The van der Waals surface area contributed by atoms with Crippen LogP contribution in [0.5, 0.6) is 0 Å². The van der Waals surface area contributed by atoms with E-state index in [0.717, 1.165) is 13.1 Å². The van der Waals surface area contributed by atoms with Crippen molar-refractivity contribution in [3.05, 3.63) is 56.3 Å². The van der Waals surface area contributed by atoms with Crippen LogP contribution in [-0.2, 0) is 19.8 Å². The summed E-state index contributed by atoms with van der Waals surface area (Å²) in [5.41, 5.74) is -1.24. The fraction of sp³-hybridized carbons (Fsp3) is 0.308. The van der Waals surface area contributed by atoms with Gasteiger partial charge in [0.15, 0.2) is 0 Å². The van der Waals surface area contributed by atoms with Crippen LogP contribution in [0.4, 0.5) is 18.9 Å². The predicted molar refractivity (Wildman–Crippen MR) is 77.9 cm³/mol. The van der Waals surface area contributed by atoms with Gasteiger partial charge in [-0.1, -0.05) is 6.07 Å². The van der Waals surface area contributed by atoms with Gasteiger partial charge in [-0.25, -0.2) is 9.48 Å². The van der Waals surface area contributed by atoms with E-state index in [4.69, 9.17) is 0 Å². The lowest BCUT2D eigenvalue weighted by Crippen LogP contribution is -2.31. The molecule has 134 valence electrons. The Balaban J connectivity index is 2.04. The SMILES string of the molecule is Cn1c(C(F)(F)F)nn(CCNC(=O)c2cccc([N+](=O)[O-])c2)c1=O. The molecule has 1 amide bonds. The van der Waals surface area contributed by atoms with Gasteiger partial charge < -0.3 is 5.32 Å². The van der Waals surface area contributed by atoms with E-state index in [2.05, 4.69) is 10.4 Å². The minimum absolute atomic E-state index is 0.0125. The van der Waals surface area contributed by atoms with Gasteiger partial charge >= 0.3 is 11.9 Å². The number of aromatic nitrogens is 3. The summed E-state index contributed by atoms with van der Waals surface area (Å²) in [6.45, 7) is -0.473. The number of carbonyl (C=O) groups is 1. The Morgan fingerprint density at radius 1 is 1.40 bits per heavy atom. The van der Waals surface area contributed by atoms with E-state index < -0.39 is 28.5 Å². The lowest BCUT2D eigenvalue weighted by atomic mass is 10.2. The van der Waals surface area contributed by atoms with Gasteiger partial charge in [0.25, 0.3) is 11.6 Å². The van der Waals surface area contributed by atoms with Crippen LogP contribution in [0.2, 0.25) is 0 Å². The molecule has 1 aromatic carbocycles. The first-order valence-corrected chi connectivity index (χ1v) is 6.85. The molecule has 9 nitrogen and oxygen atoms in total. The maximum Gasteiger partial charge on any atom is 0.451 e. The van der Waals surface area contributed by atoms with E-state index in [0.29, 0.717) is 9.25 Å². The summed E-state index contributed by atoms with van der Waals surface area (Å²) >= 11 is 0. The first-order chi connectivity index (χ1) is 11.6. The van der Waals surface area contributed by atoms with Crippen LogP contribution >= 0.6 is 0 Å². The molecule has 0 atom stereocenters. The monoisotopic (exact) mass is 359 g/mol. The third kappa shape index (κ3) is 4.02. The molecule has 0 bridgehead atoms. The number of nitro benzene ring substituents is 1. The van der Waals surface area contributed by atoms with Crippen LogP contribution in [0.25, 0.3) is 0 Å². The number of nitrogens with zero attached hydrogens (tertiary/aromatic N) is 4. The zero-order valence-corrected chi connectivity index (χ0v) is 12.8. The Hall–Kier alpha value is -3.18. The van der Waals surface area contributed by atoms with Gasteiger partial charge in [0.1, 0.15) is 0 Å². The summed E-state index contributed by atoms with van der Waals surface area (Å²) < 4.78 is 38.9. The van der Waals surface area contributed by atoms with Crippen molar-refractivity contribution in [2.75, 3.05) is 6.54 Å². The molecule has 0 radical (unpaired) electrons. The summed E-state index contributed by atoms with van der Waals surface area (Å²) in [5, 5.41) is 16.2. The van der Waals surface area contributed by atoms with Crippen LogP contribution in [0, 0.1) is 10.1 Å². The molecule has 1 N–H and O–H groups in total. The van der Waals surface area contributed by atoms with Crippen LogP contribution in [0.3, 0.4) is 0 Å². The minimum atomic E-state index is -4.77. The van der Waals surface area contributed by atoms with Gasteiger partial charge in [-0.3, -0.25) is 19.5 Å². The maximum atomic E-state index is 12.7. The van der Waals surface area contributed by atoms with Crippen molar-refractivity contribution >= 4 is 11.6 Å². The standard InChI is InChI=1S/C13H12F3N5O4/c1-19-11(13(14,15)16)18-20(12(19)23)6-5-17-10(22)8-3-2-4-9(7-8)21(24)25/h2-4,7H,5-6H2,1H3,(H,17,22). The number of hydrogen-bond donors (Lipinski definition) is 1. The molecule has 12 heteroatoms. The van der Waals surface area contributed by atoms with Crippen LogP contribution < -0.4 is 11.0 Å². The first-order valence-electron chi connectivity index (χ1n) is 6.85. The Labute approximate surface area is 137 Å². The summed E-state index contributed by atoms with van der Waals surface area (Å²) in [6.07, 6.45) is -4.77. The van der Waals surface area contributed by atoms with E-state index in [1.165, 1.54) is 18.2 Å². The highest BCUT2D eigenvalue weighted by Gasteiger charge is 2.37. The molecule has 0 unspecified atom stereocenters. The van der Waals surface area contributed by atoms with Crippen LogP contribution in [-0.4, -0.2) is 31.7 Å². The van der Waals surface area contributed by atoms with Gasteiger partial charge in [0.2, 0.25) is 5.82 Å². The van der Waals surface area contributed by atoms with Crippen molar-refractivity contribution in [2.45, 2.75) is 12.7 Å². The van der Waals surface area contributed by atoms with Crippen molar-refractivity contribution < 1.29 is 22.9 Å². The highest BCUT2D eigenvalue weighted by molar-refractivity contribution is 5.94. The van der Waals surface area contributed by atoms with E-state index in [-0.39, 0.29) is 24.3 Å². The van der Waals surface area contributed by atoms with Gasteiger partial charge in [0.05, 0.1) is 11.5 Å². The average Bonchev–Trinajstić information content (AvgIpc) is 2.83. The molecule has 0 spiro atoms. The minimum Gasteiger partial charge on any atom is -0.350 e. The van der Waals surface area contributed by atoms with Gasteiger partial charge in [-0.15, -0.1) is 5.10 Å². The largest absolute Gasteiger partial charge is 0.451 e. The van der Waals surface area contributed by atoms with E-state index in [9.17, 15) is 32.9 Å². The van der Waals surface area contributed by atoms with Gasteiger partial charge in [-0.05, 0) is 6.07 Å². The molecular formula is C13H12F3N5O4. The van der Waals surface area contributed by atoms with E-state index in [1.807, 2.05) is 0 Å². The number of carbonyl (C=O) groups excluding carboxylic acids is 1. The molecule has 2 rings (SSSR count). The molecule has 0 aliphatic heterocycles. The van der Waals surface area contributed by atoms with Crippen molar-refractivity contribution in [2.24, 2.45) is 7.05 Å². The van der Waals surface area contributed by atoms with Gasteiger partial charge in [0, 0.05) is 31.3 Å².